The van der Waals surface area contributed by atoms with Crippen LogP contribution in [0.1, 0.15) is 23.5 Å². The minimum Gasteiger partial charge on any atom is -0.296 e. The second-order valence-corrected chi connectivity index (χ2v) is 4.18. The highest BCUT2D eigenvalue weighted by molar-refractivity contribution is 6.08. The number of rotatable bonds is 0. The van der Waals surface area contributed by atoms with Gasteiger partial charge in [0.2, 0.25) is 11.8 Å². The van der Waals surface area contributed by atoms with Crippen molar-refractivity contribution in [2.24, 2.45) is 5.92 Å². The Hall–Kier alpha value is -1.64. The lowest BCUT2D eigenvalue weighted by Gasteiger charge is -2.24. The summed E-state index contributed by atoms with van der Waals surface area (Å²) in [5.74, 6) is -0.591. The predicted octanol–water partition coefficient (Wildman–Crippen LogP) is 0.989. The smallest absolute Gasteiger partial charge is 0.234 e. The summed E-state index contributed by atoms with van der Waals surface area (Å²) in [4.78, 5) is 23.1. The van der Waals surface area contributed by atoms with Gasteiger partial charge < -0.3 is 0 Å². The first-order valence-corrected chi connectivity index (χ1v) is 5.20. The van der Waals surface area contributed by atoms with Crippen LogP contribution in [0.4, 0.5) is 0 Å². The molecule has 0 bridgehead atoms. The summed E-state index contributed by atoms with van der Waals surface area (Å²) < 4.78 is 0. The number of aryl methyl sites for hydroxylation is 1. The summed E-state index contributed by atoms with van der Waals surface area (Å²) in [6.07, 6.45) is 1.69. The Labute approximate surface area is 87.5 Å². The summed E-state index contributed by atoms with van der Waals surface area (Å²) >= 11 is 0. The molecular formula is C12H11NO2. The van der Waals surface area contributed by atoms with Gasteiger partial charge in [-0.15, -0.1) is 0 Å². The number of benzene rings is 1. The van der Waals surface area contributed by atoms with Crippen molar-refractivity contribution >= 4 is 11.8 Å². The van der Waals surface area contributed by atoms with E-state index in [4.69, 9.17) is 0 Å². The molecule has 0 spiro atoms. The number of amides is 2. The van der Waals surface area contributed by atoms with E-state index in [-0.39, 0.29) is 23.7 Å². The Balaban J connectivity index is 2.13. The van der Waals surface area contributed by atoms with Crippen LogP contribution < -0.4 is 5.32 Å². The zero-order valence-corrected chi connectivity index (χ0v) is 8.19. The van der Waals surface area contributed by atoms with Crippen LogP contribution in [0.15, 0.2) is 24.3 Å². The fourth-order valence-corrected chi connectivity index (χ4v) is 2.66. The number of carbonyl (C=O) groups is 2. The zero-order valence-electron chi connectivity index (χ0n) is 8.19. The minimum absolute atomic E-state index is 0.0977. The summed E-state index contributed by atoms with van der Waals surface area (Å²) in [5.41, 5.74) is 2.25. The van der Waals surface area contributed by atoms with Crippen LogP contribution in [0.5, 0.6) is 0 Å². The van der Waals surface area contributed by atoms with E-state index in [9.17, 15) is 9.59 Å². The monoisotopic (exact) mass is 201 g/mol. The molecule has 1 aromatic rings. The third kappa shape index (κ3) is 1.12. The number of hydrogen-bond acceptors (Lipinski definition) is 2. The van der Waals surface area contributed by atoms with Crippen molar-refractivity contribution in [2.75, 3.05) is 0 Å². The number of nitrogens with one attached hydrogen (secondary N) is 1. The maximum absolute atomic E-state index is 11.6. The molecule has 3 heteroatoms. The number of hydrogen-bond donors (Lipinski definition) is 1. The van der Waals surface area contributed by atoms with Gasteiger partial charge in [-0.25, -0.2) is 0 Å². The van der Waals surface area contributed by atoms with E-state index in [1.54, 1.807) is 0 Å². The van der Waals surface area contributed by atoms with Gasteiger partial charge >= 0.3 is 0 Å². The molecule has 2 aliphatic rings. The van der Waals surface area contributed by atoms with Gasteiger partial charge in [0, 0.05) is 0 Å². The molecule has 1 N–H and O–H groups in total. The molecule has 76 valence electrons. The van der Waals surface area contributed by atoms with Crippen molar-refractivity contribution in [3.63, 3.8) is 0 Å². The lowest BCUT2D eigenvalue weighted by atomic mass is 9.76. The van der Waals surface area contributed by atoms with Gasteiger partial charge in [-0.2, -0.15) is 0 Å². The van der Waals surface area contributed by atoms with E-state index in [1.165, 1.54) is 5.56 Å². The molecule has 3 rings (SSSR count). The summed E-state index contributed by atoms with van der Waals surface area (Å²) in [6, 6.07) is 7.91. The molecule has 1 aliphatic carbocycles. The molecule has 2 atom stereocenters. The third-order valence-corrected chi connectivity index (χ3v) is 3.38. The Kier molecular flexibility index (Phi) is 1.69. The zero-order chi connectivity index (χ0) is 10.4. The highest BCUT2D eigenvalue weighted by Crippen LogP contribution is 2.39. The van der Waals surface area contributed by atoms with E-state index in [1.807, 2.05) is 24.3 Å². The van der Waals surface area contributed by atoms with Crippen LogP contribution >= 0.6 is 0 Å². The topological polar surface area (TPSA) is 46.2 Å². The molecular weight excluding hydrogens is 190 g/mol. The van der Waals surface area contributed by atoms with Crippen molar-refractivity contribution in [2.45, 2.75) is 18.8 Å². The molecule has 1 aliphatic heterocycles. The highest BCUT2D eigenvalue weighted by Gasteiger charge is 2.44. The van der Waals surface area contributed by atoms with E-state index in [0.29, 0.717) is 0 Å². The van der Waals surface area contributed by atoms with Gasteiger partial charge in [-0.05, 0) is 24.0 Å². The minimum atomic E-state index is -0.234. The van der Waals surface area contributed by atoms with Gasteiger partial charge in [0.25, 0.3) is 0 Å². The predicted molar refractivity (Wildman–Crippen MR) is 54.1 cm³/mol. The summed E-state index contributed by atoms with van der Waals surface area (Å²) in [6.45, 7) is 0. The molecule has 1 fully saturated rings. The van der Waals surface area contributed by atoms with Gasteiger partial charge in [-0.3, -0.25) is 14.9 Å². The van der Waals surface area contributed by atoms with E-state index in [2.05, 4.69) is 5.32 Å². The van der Waals surface area contributed by atoms with E-state index < -0.39 is 0 Å². The number of carbonyl (C=O) groups excluding carboxylic acids is 2. The molecule has 2 unspecified atom stereocenters. The third-order valence-electron chi connectivity index (χ3n) is 3.38. The molecule has 0 saturated carbocycles. The van der Waals surface area contributed by atoms with Gasteiger partial charge in [0.1, 0.15) is 0 Å². The molecule has 1 heterocycles. The number of fused-ring (bicyclic) bond motifs is 3. The summed E-state index contributed by atoms with van der Waals surface area (Å²) in [5, 5.41) is 2.42. The Morgan fingerprint density at radius 2 is 1.93 bits per heavy atom. The molecule has 0 radical (unpaired) electrons. The first-order valence-electron chi connectivity index (χ1n) is 5.20. The normalized spacial score (nSPS) is 28.3. The van der Waals surface area contributed by atoms with Crippen LogP contribution in [0.3, 0.4) is 0 Å². The quantitative estimate of drug-likeness (QED) is 0.636. The molecule has 15 heavy (non-hydrogen) atoms. The molecule has 2 amide bonds. The van der Waals surface area contributed by atoms with Crippen molar-refractivity contribution < 1.29 is 9.59 Å². The fraction of sp³-hybridized carbons (Fsp3) is 0.333. The second kappa shape index (κ2) is 2.92. The lowest BCUT2D eigenvalue weighted by Crippen LogP contribution is -2.22. The van der Waals surface area contributed by atoms with Gasteiger partial charge in [0.05, 0.1) is 11.8 Å². The van der Waals surface area contributed by atoms with Gasteiger partial charge in [0.15, 0.2) is 0 Å². The van der Waals surface area contributed by atoms with E-state index in [0.717, 1.165) is 18.4 Å². The first-order chi connectivity index (χ1) is 7.27. The van der Waals surface area contributed by atoms with Gasteiger partial charge in [-0.1, -0.05) is 24.3 Å². The average Bonchev–Trinajstić information content (AvgIpc) is 2.55. The van der Waals surface area contributed by atoms with Crippen LogP contribution in [0, 0.1) is 5.92 Å². The molecule has 1 aromatic carbocycles. The lowest BCUT2D eigenvalue weighted by molar-refractivity contribution is -0.125. The molecule has 1 saturated heterocycles. The van der Waals surface area contributed by atoms with Crippen LogP contribution in [0.2, 0.25) is 0 Å². The second-order valence-electron chi connectivity index (χ2n) is 4.18. The SMILES string of the molecule is O=C1NC(=O)C2c3ccccc3CCC12. The van der Waals surface area contributed by atoms with Crippen LogP contribution in [-0.4, -0.2) is 11.8 Å². The van der Waals surface area contributed by atoms with Crippen molar-refractivity contribution in [3.8, 4) is 0 Å². The standard InChI is InChI=1S/C12H11NO2/c14-11-9-6-5-7-3-1-2-4-8(7)10(9)12(15)13-11/h1-4,9-10H,5-6H2,(H,13,14,15). The molecule has 0 aromatic heterocycles. The fourth-order valence-electron chi connectivity index (χ4n) is 2.66. The number of imide groups is 1. The van der Waals surface area contributed by atoms with Crippen molar-refractivity contribution in [3.05, 3.63) is 35.4 Å². The Morgan fingerprint density at radius 3 is 2.80 bits per heavy atom. The van der Waals surface area contributed by atoms with Crippen molar-refractivity contribution in [1.82, 2.24) is 5.32 Å². The Bertz CT molecular complexity index is 453. The average molecular weight is 201 g/mol. The van der Waals surface area contributed by atoms with Crippen molar-refractivity contribution in [1.29, 1.82) is 0 Å². The first kappa shape index (κ1) is 8.65. The largest absolute Gasteiger partial charge is 0.296 e. The van der Waals surface area contributed by atoms with Crippen LogP contribution in [0.25, 0.3) is 0 Å². The van der Waals surface area contributed by atoms with Crippen LogP contribution in [-0.2, 0) is 16.0 Å². The Morgan fingerprint density at radius 1 is 1.13 bits per heavy atom. The van der Waals surface area contributed by atoms with E-state index >= 15 is 0 Å². The highest BCUT2D eigenvalue weighted by atomic mass is 16.2. The maximum Gasteiger partial charge on any atom is 0.234 e. The molecule has 3 nitrogen and oxygen atoms in total. The maximum atomic E-state index is 11.6. The summed E-state index contributed by atoms with van der Waals surface area (Å²) in [7, 11) is 0.